The molecule has 18 heavy (non-hydrogen) atoms. The van der Waals surface area contributed by atoms with Gasteiger partial charge in [0.15, 0.2) is 0 Å². The molecule has 2 heterocycles. The molecule has 1 aliphatic rings. The molecule has 2 N–H and O–H groups in total. The van der Waals surface area contributed by atoms with Gasteiger partial charge in [-0.1, -0.05) is 0 Å². The van der Waals surface area contributed by atoms with Crippen LogP contribution in [0.4, 0.5) is 25.1 Å². The highest BCUT2D eigenvalue weighted by Gasteiger charge is 2.41. The molecule has 5 nitrogen and oxygen atoms in total. The van der Waals surface area contributed by atoms with Crippen molar-refractivity contribution >= 4 is 23.5 Å². The summed E-state index contributed by atoms with van der Waals surface area (Å²) in [5.41, 5.74) is 5.41. The SMILES string of the molecule is Nc1nc(Cl)nc(N2CCC(C(F)(F)F)CC2)n1. The maximum Gasteiger partial charge on any atom is 0.391 e. The Bertz CT molecular complexity index is 410. The van der Waals surface area contributed by atoms with Crippen molar-refractivity contribution in [3.63, 3.8) is 0 Å². The van der Waals surface area contributed by atoms with Crippen molar-refractivity contribution in [1.82, 2.24) is 15.0 Å². The van der Waals surface area contributed by atoms with Gasteiger partial charge in [-0.25, -0.2) is 0 Å². The van der Waals surface area contributed by atoms with Crippen molar-refractivity contribution in [2.45, 2.75) is 19.0 Å². The second-order valence-corrected chi connectivity index (χ2v) is 4.40. The predicted octanol–water partition coefficient (Wildman–Crippen LogP) is 1.89. The van der Waals surface area contributed by atoms with Crippen LogP contribution < -0.4 is 10.6 Å². The van der Waals surface area contributed by atoms with E-state index in [1.807, 2.05) is 0 Å². The van der Waals surface area contributed by atoms with Crippen LogP contribution in [0.5, 0.6) is 0 Å². The van der Waals surface area contributed by atoms with E-state index in [2.05, 4.69) is 15.0 Å². The zero-order valence-electron chi connectivity index (χ0n) is 9.28. The highest BCUT2D eigenvalue weighted by Crippen LogP contribution is 2.34. The van der Waals surface area contributed by atoms with Crippen molar-refractivity contribution < 1.29 is 13.2 Å². The molecule has 0 aliphatic carbocycles. The minimum atomic E-state index is -4.14. The quantitative estimate of drug-likeness (QED) is 0.851. The van der Waals surface area contributed by atoms with E-state index in [4.69, 9.17) is 17.3 Å². The molecule has 1 fully saturated rings. The Morgan fingerprint density at radius 1 is 1.17 bits per heavy atom. The van der Waals surface area contributed by atoms with Gasteiger partial charge >= 0.3 is 6.18 Å². The zero-order valence-corrected chi connectivity index (χ0v) is 10.0. The Hall–Kier alpha value is -1.31. The minimum absolute atomic E-state index is 0.0205. The summed E-state index contributed by atoms with van der Waals surface area (Å²) in [6, 6.07) is 0. The van der Waals surface area contributed by atoms with Crippen LogP contribution >= 0.6 is 11.6 Å². The lowest BCUT2D eigenvalue weighted by Gasteiger charge is -2.32. The summed E-state index contributed by atoms with van der Waals surface area (Å²) >= 11 is 5.62. The van der Waals surface area contributed by atoms with Crippen molar-refractivity contribution in [1.29, 1.82) is 0 Å². The Kier molecular flexibility index (Phi) is 3.47. The number of nitrogen functional groups attached to an aromatic ring is 1. The third-order valence-electron chi connectivity index (χ3n) is 2.85. The normalized spacial score (nSPS) is 18.1. The summed E-state index contributed by atoms with van der Waals surface area (Å²) in [7, 11) is 0. The molecule has 0 saturated carbocycles. The van der Waals surface area contributed by atoms with E-state index in [1.54, 1.807) is 4.90 Å². The average molecular weight is 282 g/mol. The molecule has 100 valence electrons. The maximum absolute atomic E-state index is 12.5. The van der Waals surface area contributed by atoms with Crippen molar-refractivity contribution in [3.05, 3.63) is 5.28 Å². The smallest absolute Gasteiger partial charge is 0.368 e. The van der Waals surface area contributed by atoms with E-state index in [0.717, 1.165) is 0 Å². The summed E-state index contributed by atoms with van der Waals surface area (Å²) in [6.07, 6.45) is -4.10. The van der Waals surface area contributed by atoms with Gasteiger partial charge in [0, 0.05) is 13.1 Å². The fourth-order valence-corrected chi connectivity index (χ4v) is 2.06. The number of nitrogens with zero attached hydrogens (tertiary/aromatic N) is 4. The van der Waals surface area contributed by atoms with E-state index in [9.17, 15) is 13.2 Å². The van der Waals surface area contributed by atoms with Crippen LogP contribution in [0.2, 0.25) is 5.28 Å². The number of anilines is 2. The number of halogens is 4. The lowest BCUT2D eigenvalue weighted by molar-refractivity contribution is -0.179. The van der Waals surface area contributed by atoms with E-state index >= 15 is 0 Å². The minimum Gasteiger partial charge on any atom is -0.368 e. The summed E-state index contributed by atoms with van der Waals surface area (Å²) < 4.78 is 37.5. The van der Waals surface area contributed by atoms with E-state index < -0.39 is 12.1 Å². The van der Waals surface area contributed by atoms with E-state index in [0.29, 0.717) is 0 Å². The fraction of sp³-hybridized carbons (Fsp3) is 0.667. The molecule has 1 aromatic rings. The van der Waals surface area contributed by atoms with Gasteiger partial charge in [-0.3, -0.25) is 0 Å². The van der Waals surface area contributed by atoms with Gasteiger partial charge in [0.25, 0.3) is 0 Å². The monoisotopic (exact) mass is 281 g/mol. The number of aromatic nitrogens is 3. The van der Waals surface area contributed by atoms with Crippen molar-refractivity contribution in [2.24, 2.45) is 5.92 Å². The second kappa shape index (κ2) is 4.75. The fourth-order valence-electron chi connectivity index (χ4n) is 1.90. The van der Waals surface area contributed by atoms with E-state index in [-0.39, 0.29) is 43.1 Å². The van der Waals surface area contributed by atoms with Crippen LogP contribution in [0.3, 0.4) is 0 Å². The first-order valence-electron chi connectivity index (χ1n) is 5.35. The van der Waals surface area contributed by atoms with Crippen LogP contribution in [0.15, 0.2) is 0 Å². The lowest BCUT2D eigenvalue weighted by Crippen LogP contribution is -2.39. The van der Waals surface area contributed by atoms with Gasteiger partial charge in [0.1, 0.15) is 0 Å². The molecule has 0 atom stereocenters. The molecule has 0 aromatic carbocycles. The molecular formula is C9H11ClF3N5. The molecule has 0 amide bonds. The van der Waals surface area contributed by atoms with Gasteiger partial charge in [-0.2, -0.15) is 28.1 Å². The average Bonchev–Trinajstić information content (AvgIpc) is 2.27. The van der Waals surface area contributed by atoms with Gasteiger partial charge in [0.05, 0.1) is 5.92 Å². The molecule has 1 aromatic heterocycles. The number of alkyl halides is 3. The molecular weight excluding hydrogens is 271 g/mol. The standard InChI is InChI=1S/C9H11ClF3N5/c10-6-15-7(14)17-8(16-6)18-3-1-5(2-4-18)9(11,12)13/h5H,1-4H2,(H2,14,15,16,17). The third kappa shape index (κ3) is 2.92. The molecule has 0 unspecified atom stereocenters. The predicted molar refractivity (Wildman–Crippen MR) is 60.2 cm³/mol. The Balaban J connectivity index is 2.05. The Labute approximate surface area is 106 Å². The zero-order chi connectivity index (χ0) is 13.3. The Morgan fingerprint density at radius 2 is 1.78 bits per heavy atom. The van der Waals surface area contributed by atoms with Crippen LogP contribution in [0.1, 0.15) is 12.8 Å². The van der Waals surface area contributed by atoms with Gasteiger partial charge in [-0.15, -0.1) is 0 Å². The molecule has 9 heteroatoms. The van der Waals surface area contributed by atoms with Gasteiger partial charge in [-0.05, 0) is 24.4 Å². The first kappa shape index (κ1) is 13.1. The topological polar surface area (TPSA) is 67.9 Å². The number of nitrogens with two attached hydrogens (primary N) is 1. The third-order valence-corrected chi connectivity index (χ3v) is 3.02. The summed E-state index contributed by atoms with van der Waals surface area (Å²) in [6.45, 7) is 0.452. The van der Waals surface area contributed by atoms with Crippen LogP contribution in [-0.4, -0.2) is 34.2 Å². The first-order chi connectivity index (χ1) is 8.36. The van der Waals surface area contributed by atoms with Crippen molar-refractivity contribution in [3.8, 4) is 0 Å². The second-order valence-electron chi connectivity index (χ2n) is 4.07. The molecule has 1 aliphatic heterocycles. The summed E-state index contributed by atoms with van der Waals surface area (Å²) in [4.78, 5) is 12.9. The molecule has 1 saturated heterocycles. The number of hydrogen-bond donors (Lipinski definition) is 1. The lowest BCUT2D eigenvalue weighted by atomic mass is 9.96. The van der Waals surface area contributed by atoms with Crippen LogP contribution in [-0.2, 0) is 0 Å². The highest BCUT2D eigenvalue weighted by molar-refractivity contribution is 6.28. The van der Waals surface area contributed by atoms with Gasteiger partial charge < -0.3 is 10.6 Å². The van der Waals surface area contributed by atoms with Gasteiger partial charge in [0.2, 0.25) is 17.2 Å². The largest absolute Gasteiger partial charge is 0.391 e. The molecule has 0 spiro atoms. The number of rotatable bonds is 1. The highest BCUT2D eigenvalue weighted by atomic mass is 35.5. The Morgan fingerprint density at radius 3 is 2.28 bits per heavy atom. The maximum atomic E-state index is 12.5. The summed E-state index contributed by atoms with van der Waals surface area (Å²) in [5.74, 6) is -1.07. The number of piperidine rings is 1. The molecule has 0 radical (unpaired) electrons. The number of hydrogen-bond acceptors (Lipinski definition) is 5. The van der Waals surface area contributed by atoms with Crippen LogP contribution in [0, 0.1) is 5.92 Å². The molecule has 0 bridgehead atoms. The molecule has 2 rings (SSSR count). The van der Waals surface area contributed by atoms with E-state index in [1.165, 1.54) is 0 Å². The van der Waals surface area contributed by atoms with Crippen molar-refractivity contribution in [2.75, 3.05) is 23.7 Å². The van der Waals surface area contributed by atoms with Crippen LogP contribution in [0.25, 0.3) is 0 Å². The summed E-state index contributed by atoms with van der Waals surface area (Å²) in [5, 5.41) is -0.0598. The first-order valence-corrected chi connectivity index (χ1v) is 5.73.